The fourth-order valence-corrected chi connectivity index (χ4v) is 2.01. The van der Waals surface area contributed by atoms with Crippen LogP contribution in [0.25, 0.3) is 21.9 Å². The van der Waals surface area contributed by atoms with Gasteiger partial charge in [0.2, 0.25) is 0 Å². The second-order valence-corrected chi connectivity index (χ2v) is 4.59. The van der Waals surface area contributed by atoms with Crippen molar-refractivity contribution in [3.8, 4) is 0 Å². The molecule has 2 heteroatoms. The monoisotopic (exact) mass is 214 g/mol. The van der Waals surface area contributed by atoms with E-state index in [1.54, 1.807) is 0 Å². The third kappa shape index (κ3) is 1.33. The van der Waals surface area contributed by atoms with Crippen LogP contribution < -0.4 is 0 Å². The van der Waals surface area contributed by atoms with Crippen LogP contribution in [0.5, 0.6) is 0 Å². The van der Waals surface area contributed by atoms with Gasteiger partial charge in [-0.3, -0.25) is 0 Å². The summed E-state index contributed by atoms with van der Waals surface area (Å²) in [6, 6.07) is 8.26. The average Bonchev–Trinajstić information content (AvgIpc) is 2.74. The summed E-state index contributed by atoms with van der Waals surface area (Å²) in [7, 11) is 0. The summed E-state index contributed by atoms with van der Waals surface area (Å²) in [5, 5.41) is 2.29. The smallest absolute Gasteiger partial charge is 0.138 e. The van der Waals surface area contributed by atoms with Crippen LogP contribution in [0, 0.1) is 6.92 Å². The zero-order valence-corrected chi connectivity index (χ0v) is 9.70. The lowest BCUT2D eigenvalue weighted by atomic mass is 10.1. The van der Waals surface area contributed by atoms with Crippen LogP contribution in [0.4, 0.5) is 0 Å². The molecule has 0 fully saturated rings. The Hall–Kier alpha value is -1.70. The number of furan rings is 2. The van der Waals surface area contributed by atoms with Crippen molar-refractivity contribution in [3.63, 3.8) is 0 Å². The minimum Gasteiger partial charge on any atom is -0.461 e. The van der Waals surface area contributed by atoms with Gasteiger partial charge in [0.15, 0.2) is 0 Å². The molecule has 0 amide bonds. The zero-order valence-electron chi connectivity index (χ0n) is 9.70. The van der Waals surface area contributed by atoms with E-state index >= 15 is 0 Å². The first kappa shape index (κ1) is 9.52. The van der Waals surface area contributed by atoms with Gasteiger partial charge in [-0.1, -0.05) is 13.8 Å². The van der Waals surface area contributed by atoms with Crippen molar-refractivity contribution < 1.29 is 8.83 Å². The number of aryl methyl sites for hydroxylation is 1. The number of benzene rings is 1. The first-order chi connectivity index (χ1) is 7.63. The molecule has 0 atom stereocenters. The summed E-state index contributed by atoms with van der Waals surface area (Å²) >= 11 is 0. The number of hydrogen-bond acceptors (Lipinski definition) is 2. The molecule has 82 valence electrons. The van der Waals surface area contributed by atoms with Crippen LogP contribution >= 0.6 is 0 Å². The van der Waals surface area contributed by atoms with E-state index in [4.69, 9.17) is 8.83 Å². The van der Waals surface area contributed by atoms with Gasteiger partial charge in [-0.2, -0.15) is 0 Å². The molecule has 2 heterocycles. The third-order valence-corrected chi connectivity index (χ3v) is 2.87. The molecule has 3 rings (SSSR count). The normalized spacial score (nSPS) is 12.0. The highest BCUT2D eigenvalue weighted by molar-refractivity contribution is 5.93. The number of rotatable bonds is 1. The van der Waals surface area contributed by atoms with Crippen molar-refractivity contribution >= 4 is 21.9 Å². The van der Waals surface area contributed by atoms with E-state index in [2.05, 4.69) is 32.0 Å². The van der Waals surface area contributed by atoms with Gasteiger partial charge in [0.05, 0.1) is 0 Å². The maximum atomic E-state index is 5.79. The highest BCUT2D eigenvalue weighted by Crippen LogP contribution is 2.30. The van der Waals surface area contributed by atoms with Crippen LogP contribution in [0.2, 0.25) is 0 Å². The molecule has 1 aromatic carbocycles. The van der Waals surface area contributed by atoms with E-state index in [0.29, 0.717) is 5.92 Å². The fraction of sp³-hybridized carbons (Fsp3) is 0.286. The zero-order chi connectivity index (χ0) is 11.3. The number of hydrogen-bond donors (Lipinski definition) is 0. The van der Waals surface area contributed by atoms with Crippen molar-refractivity contribution in [1.29, 1.82) is 0 Å². The Morgan fingerprint density at radius 3 is 2.31 bits per heavy atom. The van der Waals surface area contributed by atoms with E-state index in [1.165, 1.54) is 0 Å². The van der Waals surface area contributed by atoms with Crippen molar-refractivity contribution in [2.45, 2.75) is 26.7 Å². The first-order valence-electron chi connectivity index (χ1n) is 5.57. The molecule has 0 N–H and O–H groups in total. The molecule has 0 aliphatic heterocycles. The first-order valence-corrected chi connectivity index (χ1v) is 5.57. The maximum absolute atomic E-state index is 5.79. The highest BCUT2D eigenvalue weighted by atomic mass is 16.3. The Balaban J connectivity index is 2.31. The molecule has 0 bridgehead atoms. The van der Waals surface area contributed by atoms with E-state index in [9.17, 15) is 0 Å². The lowest BCUT2D eigenvalue weighted by molar-refractivity contribution is 0.520. The quantitative estimate of drug-likeness (QED) is 0.591. The molecule has 2 nitrogen and oxygen atoms in total. The van der Waals surface area contributed by atoms with E-state index in [-0.39, 0.29) is 0 Å². The minimum absolute atomic E-state index is 0.417. The van der Waals surface area contributed by atoms with Crippen LogP contribution in [0.1, 0.15) is 31.3 Å². The summed E-state index contributed by atoms with van der Waals surface area (Å²) in [6.07, 6.45) is 0. The van der Waals surface area contributed by atoms with Gasteiger partial charge in [-0.25, -0.2) is 0 Å². The van der Waals surface area contributed by atoms with Crippen LogP contribution in [-0.2, 0) is 0 Å². The molecule has 0 aliphatic carbocycles. The van der Waals surface area contributed by atoms with Gasteiger partial charge in [-0.05, 0) is 25.1 Å². The van der Waals surface area contributed by atoms with E-state index in [1.807, 2.05) is 13.0 Å². The third-order valence-electron chi connectivity index (χ3n) is 2.87. The minimum atomic E-state index is 0.417. The molecule has 0 saturated heterocycles. The molecule has 0 spiro atoms. The van der Waals surface area contributed by atoms with Crippen molar-refractivity contribution in [1.82, 2.24) is 0 Å². The lowest BCUT2D eigenvalue weighted by Crippen LogP contribution is -1.79. The predicted octanol–water partition coefficient (Wildman–Crippen LogP) is 4.61. The Kier molecular flexibility index (Phi) is 1.87. The van der Waals surface area contributed by atoms with Crippen molar-refractivity contribution in [2.24, 2.45) is 0 Å². The topological polar surface area (TPSA) is 26.3 Å². The summed E-state index contributed by atoms with van der Waals surface area (Å²) < 4.78 is 11.4. The van der Waals surface area contributed by atoms with Gasteiger partial charge >= 0.3 is 0 Å². The molecule has 16 heavy (non-hydrogen) atoms. The highest BCUT2D eigenvalue weighted by Gasteiger charge is 2.10. The Labute approximate surface area is 93.8 Å². The van der Waals surface area contributed by atoms with Gasteiger partial charge in [0, 0.05) is 22.8 Å². The molecule has 0 aliphatic rings. The Morgan fingerprint density at radius 1 is 0.875 bits per heavy atom. The fourth-order valence-electron chi connectivity index (χ4n) is 2.01. The molecule has 0 saturated carbocycles. The second kappa shape index (κ2) is 3.14. The van der Waals surface area contributed by atoms with Gasteiger partial charge in [0.1, 0.15) is 22.7 Å². The van der Waals surface area contributed by atoms with E-state index in [0.717, 1.165) is 33.5 Å². The Morgan fingerprint density at radius 2 is 1.56 bits per heavy atom. The number of fused-ring (bicyclic) bond motifs is 2. The van der Waals surface area contributed by atoms with E-state index < -0.39 is 0 Å². The summed E-state index contributed by atoms with van der Waals surface area (Å²) in [5.41, 5.74) is 1.81. The summed E-state index contributed by atoms with van der Waals surface area (Å²) in [6.45, 7) is 6.22. The van der Waals surface area contributed by atoms with Crippen LogP contribution in [-0.4, -0.2) is 0 Å². The van der Waals surface area contributed by atoms with Crippen LogP contribution in [0.3, 0.4) is 0 Å². The molecule has 0 unspecified atom stereocenters. The van der Waals surface area contributed by atoms with Gasteiger partial charge < -0.3 is 8.83 Å². The molecule has 3 aromatic rings. The SMILES string of the molecule is Cc1cc2cc3cc(C(C)C)oc3cc2o1. The van der Waals surface area contributed by atoms with Crippen molar-refractivity contribution in [3.05, 3.63) is 35.8 Å². The van der Waals surface area contributed by atoms with Gasteiger partial charge in [0.25, 0.3) is 0 Å². The Bertz CT molecular complexity index is 605. The average molecular weight is 214 g/mol. The molecular weight excluding hydrogens is 200 g/mol. The largest absolute Gasteiger partial charge is 0.461 e. The van der Waals surface area contributed by atoms with Crippen LogP contribution in [0.15, 0.2) is 33.1 Å². The standard InChI is InChI=1S/C14H14O2/c1-8(2)12-6-11-5-10-4-9(3)15-13(10)7-14(11)16-12/h4-8H,1-3H3. The predicted molar refractivity (Wildman–Crippen MR) is 64.8 cm³/mol. The molecule has 2 aromatic heterocycles. The molecule has 0 radical (unpaired) electrons. The molecular formula is C14H14O2. The van der Waals surface area contributed by atoms with Crippen molar-refractivity contribution in [2.75, 3.05) is 0 Å². The summed E-state index contributed by atoms with van der Waals surface area (Å²) in [5.74, 6) is 2.38. The van der Waals surface area contributed by atoms with Gasteiger partial charge in [-0.15, -0.1) is 0 Å². The summed E-state index contributed by atoms with van der Waals surface area (Å²) in [4.78, 5) is 0. The second-order valence-electron chi connectivity index (χ2n) is 4.59. The maximum Gasteiger partial charge on any atom is 0.138 e. The lowest BCUT2D eigenvalue weighted by Gasteiger charge is -1.95.